The number of rotatable bonds is 2. The highest BCUT2D eigenvalue weighted by Gasteiger charge is 2.54. The summed E-state index contributed by atoms with van der Waals surface area (Å²) in [5.74, 6) is -0.962. The van der Waals surface area contributed by atoms with Gasteiger partial charge in [0.05, 0.1) is 19.3 Å². The summed E-state index contributed by atoms with van der Waals surface area (Å²) in [6, 6.07) is -2.10. The molecule has 0 spiro atoms. The molecule has 0 radical (unpaired) electrons. The average molecular weight is 314 g/mol. The molecule has 0 saturated carbocycles. The van der Waals surface area contributed by atoms with Gasteiger partial charge >= 0.3 is 12.1 Å². The van der Waals surface area contributed by atoms with Crippen LogP contribution in [0.15, 0.2) is 0 Å². The minimum atomic E-state index is -0.807. The lowest BCUT2D eigenvalue weighted by Gasteiger charge is -2.23. The standard InChI is InChI=1S/C14H22N2O6/c1-14(2,3)22-13(20)15-7-5-8-10(17)6-9(12(19)21-4)16(8)11(7)18/h7-10,17H,5-6H2,1-4H3,(H,15,20)/t7-,8-,9-,10+/m0/s1. The van der Waals surface area contributed by atoms with Crippen LogP contribution >= 0.6 is 0 Å². The third-order valence-corrected chi connectivity index (χ3v) is 3.80. The largest absolute Gasteiger partial charge is 0.467 e. The minimum Gasteiger partial charge on any atom is -0.467 e. The maximum atomic E-state index is 12.4. The van der Waals surface area contributed by atoms with E-state index < -0.39 is 47.8 Å². The van der Waals surface area contributed by atoms with Gasteiger partial charge in [-0.1, -0.05) is 0 Å². The molecule has 0 unspecified atom stereocenters. The van der Waals surface area contributed by atoms with Gasteiger partial charge in [-0.15, -0.1) is 0 Å². The smallest absolute Gasteiger partial charge is 0.408 e. The summed E-state index contributed by atoms with van der Waals surface area (Å²) in [7, 11) is 1.24. The van der Waals surface area contributed by atoms with Crippen LogP contribution in [0.5, 0.6) is 0 Å². The van der Waals surface area contributed by atoms with E-state index in [0.717, 1.165) is 0 Å². The molecule has 0 bridgehead atoms. The number of hydrogen-bond donors (Lipinski definition) is 2. The summed E-state index contributed by atoms with van der Waals surface area (Å²) in [5.41, 5.74) is -0.671. The van der Waals surface area contributed by atoms with Crippen molar-refractivity contribution in [3.63, 3.8) is 0 Å². The van der Waals surface area contributed by atoms with Gasteiger partial charge in [0.1, 0.15) is 17.7 Å². The van der Waals surface area contributed by atoms with Crippen LogP contribution in [0.3, 0.4) is 0 Å². The maximum absolute atomic E-state index is 12.4. The van der Waals surface area contributed by atoms with Gasteiger partial charge in [-0.3, -0.25) is 4.79 Å². The van der Waals surface area contributed by atoms with Gasteiger partial charge in [0, 0.05) is 6.42 Å². The van der Waals surface area contributed by atoms with Crippen molar-refractivity contribution in [1.29, 1.82) is 0 Å². The number of esters is 1. The van der Waals surface area contributed by atoms with E-state index in [9.17, 15) is 19.5 Å². The predicted octanol–water partition coefficient (Wildman–Crippen LogP) is -0.213. The lowest BCUT2D eigenvalue weighted by Crippen LogP contribution is -2.47. The number of amides is 2. The fraction of sp³-hybridized carbons (Fsp3) is 0.786. The Bertz CT molecular complexity index is 486. The first-order valence-corrected chi connectivity index (χ1v) is 7.21. The molecule has 2 heterocycles. The van der Waals surface area contributed by atoms with E-state index in [-0.39, 0.29) is 12.8 Å². The second-order valence-electron chi connectivity index (χ2n) is 6.59. The molecule has 4 atom stereocenters. The molecular formula is C14H22N2O6. The third-order valence-electron chi connectivity index (χ3n) is 3.80. The van der Waals surface area contributed by atoms with E-state index in [1.54, 1.807) is 20.8 Å². The molecule has 8 heteroatoms. The average Bonchev–Trinajstić information content (AvgIpc) is 2.87. The van der Waals surface area contributed by atoms with Gasteiger partial charge in [0.25, 0.3) is 0 Å². The molecule has 0 aromatic rings. The van der Waals surface area contributed by atoms with Gasteiger partial charge in [-0.25, -0.2) is 9.59 Å². The first-order chi connectivity index (χ1) is 10.1. The molecule has 8 nitrogen and oxygen atoms in total. The first-order valence-electron chi connectivity index (χ1n) is 7.21. The van der Waals surface area contributed by atoms with E-state index in [1.807, 2.05) is 0 Å². The number of hydrogen-bond acceptors (Lipinski definition) is 6. The summed E-state index contributed by atoms with van der Waals surface area (Å²) in [5, 5.41) is 12.5. The number of aliphatic hydroxyl groups is 1. The van der Waals surface area contributed by atoms with Gasteiger partial charge in [-0.2, -0.15) is 0 Å². The number of carbonyl (C=O) groups is 3. The van der Waals surface area contributed by atoms with Crippen molar-refractivity contribution in [3.8, 4) is 0 Å². The first kappa shape index (κ1) is 16.5. The van der Waals surface area contributed by atoms with Gasteiger partial charge in [0.15, 0.2) is 0 Å². The number of nitrogens with zero attached hydrogens (tertiary/aromatic N) is 1. The van der Waals surface area contributed by atoms with E-state index in [4.69, 9.17) is 4.74 Å². The number of aliphatic hydroxyl groups excluding tert-OH is 1. The summed E-state index contributed by atoms with van der Waals surface area (Å²) >= 11 is 0. The van der Waals surface area contributed by atoms with Crippen LogP contribution in [0.2, 0.25) is 0 Å². The summed E-state index contributed by atoms with van der Waals surface area (Å²) < 4.78 is 9.78. The minimum absolute atomic E-state index is 0.155. The lowest BCUT2D eigenvalue weighted by molar-refractivity contribution is -0.150. The van der Waals surface area contributed by atoms with Crippen LogP contribution in [0.25, 0.3) is 0 Å². The zero-order chi connectivity index (χ0) is 16.7. The Hall–Kier alpha value is -1.83. The fourth-order valence-corrected chi connectivity index (χ4v) is 2.94. The monoisotopic (exact) mass is 314 g/mol. The Balaban J connectivity index is 2.05. The highest BCUT2D eigenvalue weighted by molar-refractivity contribution is 5.92. The van der Waals surface area contributed by atoms with Crippen LogP contribution < -0.4 is 5.32 Å². The molecule has 22 heavy (non-hydrogen) atoms. The Morgan fingerprint density at radius 2 is 1.95 bits per heavy atom. The number of carbonyl (C=O) groups excluding carboxylic acids is 3. The van der Waals surface area contributed by atoms with Gasteiger partial charge in [0.2, 0.25) is 5.91 Å². The number of methoxy groups -OCH3 is 1. The van der Waals surface area contributed by atoms with Crippen molar-refractivity contribution < 1.29 is 29.0 Å². The molecule has 0 aliphatic carbocycles. The molecule has 2 rings (SSSR count). The molecule has 2 saturated heterocycles. The quantitative estimate of drug-likeness (QED) is 0.683. The van der Waals surface area contributed by atoms with Gasteiger partial charge < -0.3 is 24.8 Å². The Morgan fingerprint density at radius 3 is 2.50 bits per heavy atom. The van der Waals surface area contributed by atoms with Crippen molar-refractivity contribution in [1.82, 2.24) is 10.2 Å². The Morgan fingerprint density at radius 1 is 1.32 bits per heavy atom. The molecule has 124 valence electrons. The van der Waals surface area contributed by atoms with E-state index in [0.29, 0.717) is 0 Å². The van der Waals surface area contributed by atoms with Crippen LogP contribution in [-0.2, 0) is 19.1 Å². The summed E-state index contributed by atoms with van der Waals surface area (Å²) in [6.45, 7) is 5.16. The van der Waals surface area contributed by atoms with Crippen molar-refractivity contribution in [2.75, 3.05) is 7.11 Å². The maximum Gasteiger partial charge on any atom is 0.408 e. The topological polar surface area (TPSA) is 105 Å². The Labute approximate surface area is 128 Å². The van der Waals surface area contributed by atoms with Gasteiger partial charge in [-0.05, 0) is 27.2 Å². The van der Waals surface area contributed by atoms with Crippen LogP contribution in [0.4, 0.5) is 4.79 Å². The zero-order valence-corrected chi connectivity index (χ0v) is 13.2. The normalized spacial score (nSPS) is 31.0. The molecule has 2 N–H and O–H groups in total. The number of fused-ring (bicyclic) bond motifs is 1. The highest BCUT2D eigenvalue weighted by Crippen LogP contribution is 2.34. The van der Waals surface area contributed by atoms with E-state index in [2.05, 4.69) is 10.1 Å². The van der Waals surface area contributed by atoms with E-state index >= 15 is 0 Å². The SMILES string of the molecule is COC(=O)[C@@H]1C[C@@H](O)[C@@H]2C[C@H](NC(=O)OC(C)(C)C)C(=O)N12. The predicted molar refractivity (Wildman–Crippen MR) is 74.8 cm³/mol. The number of alkyl carbamates (subject to hydrolysis) is 1. The molecule has 2 aliphatic heterocycles. The van der Waals surface area contributed by atoms with Crippen LogP contribution in [0, 0.1) is 0 Å². The fourth-order valence-electron chi connectivity index (χ4n) is 2.94. The Kier molecular flexibility index (Phi) is 4.32. The lowest BCUT2D eigenvalue weighted by atomic mass is 10.1. The molecule has 2 amide bonds. The van der Waals surface area contributed by atoms with Crippen molar-refractivity contribution in [2.24, 2.45) is 0 Å². The summed E-state index contributed by atoms with van der Waals surface area (Å²) in [4.78, 5) is 37.2. The van der Waals surface area contributed by atoms with Crippen molar-refractivity contribution in [3.05, 3.63) is 0 Å². The molecular weight excluding hydrogens is 292 g/mol. The van der Waals surface area contributed by atoms with Crippen LogP contribution in [0.1, 0.15) is 33.6 Å². The zero-order valence-electron chi connectivity index (χ0n) is 13.2. The van der Waals surface area contributed by atoms with Crippen molar-refractivity contribution in [2.45, 2.75) is 63.4 Å². The molecule has 0 aromatic heterocycles. The van der Waals surface area contributed by atoms with E-state index in [1.165, 1.54) is 12.0 Å². The second kappa shape index (κ2) is 5.75. The number of ether oxygens (including phenoxy) is 2. The second-order valence-corrected chi connectivity index (χ2v) is 6.59. The molecule has 2 aliphatic rings. The number of nitrogens with one attached hydrogen (secondary N) is 1. The summed E-state index contributed by atoms with van der Waals surface area (Å²) in [6.07, 6.45) is -1.11. The highest BCUT2D eigenvalue weighted by atomic mass is 16.6. The molecule has 2 fully saturated rings. The molecule has 0 aromatic carbocycles. The third kappa shape index (κ3) is 3.16. The van der Waals surface area contributed by atoms with Crippen LogP contribution in [-0.4, -0.2) is 64.9 Å². The van der Waals surface area contributed by atoms with Crippen molar-refractivity contribution >= 4 is 18.0 Å².